The summed E-state index contributed by atoms with van der Waals surface area (Å²) < 4.78 is 0.912. The summed E-state index contributed by atoms with van der Waals surface area (Å²) in [5, 5.41) is 11.1. The molecule has 21 heavy (non-hydrogen) atoms. The number of H-pyrrole nitrogens is 1. The molecular formula is C16H13BrClN3. The average Bonchev–Trinajstić information content (AvgIpc) is 3.03. The van der Waals surface area contributed by atoms with Gasteiger partial charge in [0.15, 0.2) is 0 Å². The standard InChI is InChI=1S/C16H13BrClN3/c17-14-8-11(4-5-15(14)18)10-19-13-3-1-2-12(9-13)16-6-7-20-21-16/h1-9,19H,10H2,(H,20,21). The zero-order valence-electron chi connectivity index (χ0n) is 11.1. The molecule has 3 rings (SSSR count). The quantitative estimate of drug-likeness (QED) is 0.677. The lowest BCUT2D eigenvalue weighted by atomic mass is 10.1. The first kappa shape index (κ1) is 14.2. The highest BCUT2D eigenvalue weighted by Crippen LogP contribution is 2.24. The molecule has 0 saturated carbocycles. The first-order chi connectivity index (χ1) is 10.2. The minimum atomic E-state index is 0.722. The Morgan fingerprint density at radius 3 is 2.81 bits per heavy atom. The molecule has 0 fully saturated rings. The first-order valence-corrected chi connectivity index (χ1v) is 7.67. The molecule has 1 heterocycles. The second-order valence-electron chi connectivity index (χ2n) is 4.65. The maximum atomic E-state index is 6.00. The van der Waals surface area contributed by atoms with Crippen LogP contribution in [0.3, 0.4) is 0 Å². The molecule has 2 N–H and O–H groups in total. The summed E-state index contributed by atoms with van der Waals surface area (Å²) in [4.78, 5) is 0. The Hall–Kier alpha value is -1.78. The Kier molecular flexibility index (Phi) is 4.27. The second-order valence-corrected chi connectivity index (χ2v) is 5.91. The van der Waals surface area contributed by atoms with Gasteiger partial charge in [0.2, 0.25) is 0 Å². The maximum Gasteiger partial charge on any atom is 0.0650 e. The van der Waals surface area contributed by atoms with Crippen LogP contribution in [0, 0.1) is 0 Å². The number of hydrogen-bond acceptors (Lipinski definition) is 2. The summed E-state index contributed by atoms with van der Waals surface area (Å²) in [6.07, 6.45) is 1.75. The lowest BCUT2D eigenvalue weighted by Gasteiger charge is -2.09. The summed E-state index contributed by atoms with van der Waals surface area (Å²) in [6, 6.07) is 16.1. The lowest BCUT2D eigenvalue weighted by molar-refractivity contribution is 1.09. The van der Waals surface area contributed by atoms with E-state index in [2.05, 4.69) is 43.6 Å². The molecule has 0 amide bonds. The van der Waals surface area contributed by atoms with Crippen LogP contribution < -0.4 is 5.32 Å². The van der Waals surface area contributed by atoms with E-state index in [1.54, 1.807) is 6.20 Å². The molecule has 0 aliphatic heterocycles. The number of rotatable bonds is 4. The minimum absolute atomic E-state index is 0.722. The van der Waals surface area contributed by atoms with Gasteiger partial charge in [0, 0.05) is 28.5 Å². The van der Waals surface area contributed by atoms with Crippen LogP contribution in [-0.4, -0.2) is 10.2 Å². The van der Waals surface area contributed by atoms with E-state index in [-0.39, 0.29) is 0 Å². The normalized spacial score (nSPS) is 10.6. The lowest BCUT2D eigenvalue weighted by Crippen LogP contribution is -1.99. The molecule has 0 atom stereocenters. The van der Waals surface area contributed by atoms with Crippen LogP contribution in [-0.2, 0) is 6.54 Å². The van der Waals surface area contributed by atoms with E-state index in [0.29, 0.717) is 0 Å². The van der Waals surface area contributed by atoms with Crippen LogP contribution in [0.2, 0.25) is 5.02 Å². The number of aromatic nitrogens is 2. The van der Waals surface area contributed by atoms with Crippen molar-refractivity contribution in [1.82, 2.24) is 10.2 Å². The van der Waals surface area contributed by atoms with Gasteiger partial charge in [0.25, 0.3) is 0 Å². The number of halogens is 2. The van der Waals surface area contributed by atoms with E-state index in [4.69, 9.17) is 11.6 Å². The van der Waals surface area contributed by atoms with Crippen molar-refractivity contribution in [3.8, 4) is 11.3 Å². The minimum Gasteiger partial charge on any atom is -0.381 e. The van der Waals surface area contributed by atoms with Gasteiger partial charge in [-0.25, -0.2) is 0 Å². The molecule has 2 aromatic carbocycles. The first-order valence-electron chi connectivity index (χ1n) is 6.50. The second kappa shape index (κ2) is 6.33. The van der Waals surface area contributed by atoms with Gasteiger partial charge in [0.05, 0.1) is 10.7 Å². The Morgan fingerprint density at radius 2 is 2.05 bits per heavy atom. The van der Waals surface area contributed by atoms with Gasteiger partial charge in [0.1, 0.15) is 0 Å². The predicted molar refractivity (Wildman–Crippen MR) is 90.5 cm³/mol. The van der Waals surface area contributed by atoms with Gasteiger partial charge in [-0.15, -0.1) is 0 Å². The summed E-state index contributed by atoms with van der Waals surface area (Å²) in [5.74, 6) is 0. The fraction of sp³-hybridized carbons (Fsp3) is 0.0625. The molecule has 0 aliphatic rings. The van der Waals surface area contributed by atoms with Gasteiger partial charge < -0.3 is 5.32 Å². The topological polar surface area (TPSA) is 40.7 Å². The Balaban J connectivity index is 1.73. The van der Waals surface area contributed by atoms with Gasteiger partial charge in [-0.05, 0) is 51.8 Å². The van der Waals surface area contributed by atoms with E-state index in [1.165, 1.54) is 5.56 Å². The summed E-state index contributed by atoms with van der Waals surface area (Å²) in [5.41, 5.74) is 4.34. The fourth-order valence-electron chi connectivity index (χ4n) is 2.07. The molecule has 3 nitrogen and oxygen atoms in total. The summed E-state index contributed by atoms with van der Waals surface area (Å²) in [7, 11) is 0. The van der Waals surface area contributed by atoms with Crippen molar-refractivity contribution in [3.63, 3.8) is 0 Å². The molecule has 0 unspecified atom stereocenters. The zero-order chi connectivity index (χ0) is 14.7. The van der Waals surface area contributed by atoms with E-state index in [0.717, 1.165) is 33.0 Å². The van der Waals surface area contributed by atoms with E-state index in [9.17, 15) is 0 Å². The smallest absolute Gasteiger partial charge is 0.0650 e. The predicted octanol–water partition coefficient (Wildman–Crippen LogP) is 5.10. The van der Waals surface area contributed by atoms with E-state index >= 15 is 0 Å². The van der Waals surface area contributed by atoms with Crippen molar-refractivity contribution in [2.75, 3.05) is 5.32 Å². The van der Waals surface area contributed by atoms with E-state index in [1.807, 2.05) is 36.4 Å². The highest BCUT2D eigenvalue weighted by atomic mass is 79.9. The molecule has 3 aromatic rings. The molecule has 5 heteroatoms. The van der Waals surface area contributed by atoms with Crippen LogP contribution >= 0.6 is 27.5 Å². The van der Waals surface area contributed by atoms with Crippen LogP contribution in [0.25, 0.3) is 11.3 Å². The molecule has 106 valence electrons. The summed E-state index contributed by atoms with van der Waals surface area (Å²) >= 11 is 9.44. The fourth-order valence-corrected chi connectivity index (χ4v) is 2.61. The number of benzene rings is 2. The van der Waals surface area contributed by atoms with Crippen LogP contribution in [0.4, 0.5) is 5.69 Å². The number of anilines is 1. The maximum absolute atomic E-state index is 6.00. The SMILES string of the molecule is Clc1ccc(CNc2cccc(-c3ccn[nH]3)c2)cc1Br. The van der Waals surface area contributed by atoms with Gasteiger partial charge in [-0.3, -0.25) is 5.10 Å². The van der Waals surface area contributed by atoms with Crippen molar-refractivity contribution in [2.45, 2.75) is 6.54 Å². The highest BCUT2D eigenvalue weighted by Gasteiger charge is 2.02. The third-order valence-electron chi connectivity index (χ3n) is 3.15. The third kappa shape index (κ3) is 3.46. The molecule has 0 bridgehead atoms. The van der Waals surface area contributed by atoms with Gasteiger partial charge in [-0.2, -0.15) is 5.10 Å². The van der Waals surface area contributed by atoms with Crippen LogP contribution in [0.15, 0.2) is 59.2 Å². The zero-order valence-corrected chi connectivity index (χ0v) is 13.4. The molecular weight excluding hydrogens is 350 g/mol. The number of hydrogen-bond donors (Lipinski definition) is 2. The Bertz CT molecular complexity index is 741. The molecule has 0 saturated heterocycles. The van der Waals surface area contributed by atoms with Crippen molar-refractivity contribution in [1.29, 1.82) is 0 Å². The van der Waals surface area contributed by atoms with Crippen molar-refractivity contribution >= 4 is 33.2 Å². The molecule has 0 radical (unpaired) electrons. The number of aromatic amines is 1. The van der Waals surface area contributed by atoms with Crippen molar-refractivity contribution < 1.29 is 0 Å². The van der Waals surface area contributed by atoms with Crippen LogP contribution in [0.1, 0.15) is 5.56 Å². The van der Waals surface area contributed by atoms with E-state index < -0.39 is 0 Å². The average molecular weight is 363 g/mol. The number of nitrogens with zero attached hydrogens (tertiary/aromatic N) is 1. The summed E-state index contributed by atoms with van der Waals surface area (Å²) in [6.45, 7) is 0.738. The number of nitrogens with one attached hydrogen (secondary N) is 2. The molecule has 0 aliphatic carbocycles. The van der Waals surface area contributed by atoms with Crippen molar-refractivity contribution in [3.05, 3.63) is 69.8 Å². The Labute approximate surface area is 136 Å². The third-order valence-corrected chi connectivity index (χ3v) is 4.37. The van der Waals surface area contributed by atoms with Crippen molar-refractivity contribution in [2.24, 2.45) is 0 Å². The van der Waals surface area contributed by atoms with Gasteiger partial charge in [-0.1, -0.05) is 29.8 Å². The Morgan fingerprint density at radius 1 is 1.14 bits per heavy atom. The highest BCUT2D eigenvalue weighted by molar-refractivity contribution is 9.10. The molecule has 0 spiro atoms. The monoisotopic (exact) mass is 361 g/mol. The molecule has 1 aromatic heterocycles. The van der Waals surface area contributed by atoms with Gasteiger partial charge >= 0.3 is 0 Å². The van der Waals surface area contributed by atoms with Crippen LogP contribution in [0.5, 0.6) is 0 Å². The largest absolute Gasteiger partial charge is 0.381 e.